The zero-order chi connectivity index (χ0) is 21.3. The first kappa shape index (κ1) is 18.9. The van der Waals surface area contributed by atoms with E-state index in [0.717, 1.165) is 28.3 Å². The van der Waals surface area contributed by atoms with E-state index in [4.69, 9.17) is 19.2 Å². The van der Waals surface area contributed by atoms with Crippen molar-refractivity contribution >= 4 is 17.4 Å². The van der Waals surface area contributed by atoms with Crippen LogP contribution in [-0.2, 0) is 5.75 Å². The van der Waals surface area contributed by atoms with E-state index in [1.165, 1.54) is 17.3 Å². The SMILES string of the molecule is c1ccc(CSc2nnc3c(n2)OC(c2ccc4c(c2)OCO4)Nc2ccccc2-3)cc1. The van der Waals surface area contributed by atoms with Crippen molar-refractivity contribution in [2.45, 2.75) is 17.1 Å². The van der Waals surface area contributed by atoms with Crippen LogP contribution in [0.15, 0.2) is 78.0 Å². The van der Waals surface area contributed by atoms with Gasteiger partial charge in [0.15, 0.2) is 23.4 Å². The normalized spacial score (nSPS) is 15.7. The van der Waals surface area contributed by atoms with Crippen LogP contribution >= 0.6 is 11.8 Å². The minimum Gasteiger partial charge on any atom is -0.454 e. The Balaban J connectivity index is 1.35. The van der Waals surface area contributed by atoms with E-state index in [1.807, 2.05) is 60.7 Å². The molecule has 0 saturated carbocycles. The highest BCUT2D eigenvalue weighted by molar-refractivity contribution is 7.98. The predicted octanol–water partition coefficient (Wildman–Crippen LogP) is 5.06. The van der Waals surface area contributed by atoms with E-state index >= 15 is 0 Å². The van der Waals surface area contributed by atoms with Gasteiger partial charge >= 0.3 is 0 Å². The first-order chi connectivity index (χ1) is 15.8. The number of hydrogen-bond acceptors (Lipinski definition) is 8. The Bertz CT molecular complexity index is 1290. The van der Waals surface area contributed by atoms with Crippen LogP contribution in [0.5, 0.6) is 17.4 Å². The lowest BCUT2D eigenvalue weighted by atomic mass is 10.1. The molecular weight excluding hydrogens is 424 g/mol. The number of fused-ring (bicyclic) bond motifs is 4. The summed E-state index contributed by atoms with van der Waals surface area (Å²) in [7, 11) is 0. The zero-order valence-corrected chi connectivity index (χ0v) is 17.7. The Labute approximate surface area is 188 Å². The molecule has 3 heterocycles. The van der Waals surface area contributed by atoms with E-state index in [2.05, 4.69) is 27.6 Å². The highest BCUT2D eigenvalue weighted by Crippen LogP contribution is 2.41. The molecule has 0 spiro atoms. The third-order valence-corrected chi connectivity index (χ3v) is 6.15. The van der Waals surface area contributed by atoms with E-state index in [0.29, 0.717) is 22.5 Å². The van der Waals surface area contributed by atoms with Crippen LogP contribution in [-0.4, -0.2) is 22.0 Å². The molecule has 6 rings (SSSR count). The fraction of sp³-hybridized carbons (Fsp3) is 0.125. The lowest BCUT2D eigenvalue weighted by molar-refractivity contribution is 0.173. The summed E-state index contributed by atoms with van der Waals surface area (Å²) in [6.07, 6.45) is -0.476. The minimum atomic E-state index is -0.476. The number of thioether (sulfide) groups is 1. The zero-order valence-electron chi connectivity index (χ0n) is 16.9. The fourth-order valence-electron chi connectivity index (χ4n) is 3.66. The van der Waals surface area contributed by atoms with Gasteiger partial charge in [0.2, 0.25) is 17.8 Å². The van der Waals surface area contributed by atoms with Crippen LogP contribution in [0.2, 0.25) is 0 Å². The van der Waals surface area contributed by atoms with Crippen molar-refractivity contribution in [1.82, 2.24) is 15.2 Å². The van der Waals surface area contributed by atoms with Crippen LogP contribution in [0.25, 0.3) is 11.3 Å². The average molecular weight is 443 g/mol. The van der Waals surface area contributed by atoms with Crippen molar-refractivity contribution < 1.29 is 14.2 Å². The highest BCUT2D eigenvalue weighted by Gasteiger charge is 2.27. The van der Waals surface area contributed by atoms with Crippen LogP contribution < -0.4 is 19.5 Å². The first-order valence-corrected chi connectivity index (χ1v) is 11.2. The number of nitrogens with zero attached hydrogens (tertiary/aromatic N) is 3. The largest absolute Gasteiger partial charge is 0.454 e. The fourth-order valence-corrected chi connectivity index (χ4v) is 4.39. The van der Waals surface area contributed by atoms with Crippen molar-refractivity contribution in [3.8, 4) is 28.6 Å². The molecule has 1 N–H and O–H groups in total. The third kappa shape index (κ3) is 3.58. The Morgan fingerprint density at radius 2 is 1.75 bits per heavy atom. The summed E-state index contributed by atoms with van der Waals surface area (Å²) in [6, 6.07) is 23.9. The molecule has 0 radical (unpaired) electrons. The van der Waals surface area contributed by atoms with Crippen LogP contribution in [0, 0.1) is 0 Å². The molecule has 8 heteroatoms. The second-order valence-corrected chi connectivity index (χ2v) is 8.27. The molecule has 7 nitrogen and oxygen atoms in total. The van der Waals surface area contributed by atoms with Crippen molar-refractivity contribution in [2.75, 3.05) is 12.1 Å². The Kier molecular flexibility index (Phi) is 4.77. The minimum absolute atomic E-state index is 0.225. The standard InChI is InChI=1S/C24H18N4O3S/c1-2-6-15(7-3-1)13-32-24-26-23-21(27-28-24)17-8-4-5-9-18(17)25-22(31-23)16-10-11-19-20(12-16)30-14-29-19/h1-12,22,25H,13-14H2. The van der Waals surface area contributed by atoms with Gasteiger partial charge in [-0.15, -0.1) is 10.2 Å². The number of ether oxygens (including phenoxy) is 3. The predicted molar refractivity (Wildman–Crippen MR) is 121 cm³/mol. The molecule has 3 aromatic carbocycles. The molecule has 0 fully saturated rings. The summed E-state index contributed by atoms with van der Waals surface area (Å²) < 4.78 is 17.3. The second kappa shape index (κ2) is 8.05. The molecule has 0 saturated heterocycles. The highest BCUT2D eigenvalue weighted by atomic mass is 32.2. The Morgan fingerprint density at radius 1 is 0.906 bits per heavy atom. The molecule has 1 unspecified atom stereocenters. The summed E-state index contributed by atoms with van der Waals surface area (Å²) >= 11 is 1.53. The van der Waals surface area contributed by atoms with Crippen LogP contribution in [0.3, 0.4) is 0 Å². The van der Waals surface area contributed by atoms with Gasteiger partial charge < -0.3 is 19.5 Å². The monoisotopic (exact) mass is 442 g/mol. The van der Waals surface area contributed by atoms with Gasteiger partial charge in [-0.2, -0.15) is 4.98 Å². The summed E-state index contributed by atoms with van der Waals surface area (Å²) in [6.45, 7) is 0.225. The quantitative estimate of drug-likeness (QED) is 0.439. The summed E-state index contributed by atoms with van der Waals surface area (Å²) in [5.74, 6) is 2.62. The van der Waals surface area contributed by atoms with E-state index in [9.17, 15) is 0 Å². The molecule has 2 aliphatic rings. The number of anilines is 1. The molecule has 158 valence electrons. The Hall–Kier alpha value is -3.78. The number of aromatic nitrogens is 3. The van der Waals surface area contributed by atoms with Gasteiger partial charge in [-0.1, -0.05) is 60.3 Å². The number of hydrogen-bond donors (Lipinski definition) is 1. The maximum Gasteiger partial charge on any atom is 0.247 e. The summed E-state index contributed by atoms with van der Waals surface area (Å²) in [5.41, 5.74) is 4.50. The van der Waals surface area contributed by atoms with Gasteiger partial charge in [0.25, 0.3) is 0 Å². The molecule has 0 amide bonds. The molecule has 1 aromatic heterocycles. The molecule has 1 atom stereocenters. The molecule has 0 bridgehead atoms. The number of benzene rings is 3. The van der Waals surface area contributed by atoms with Gasteiger partial charge in [-0.3, -0.25) is 0 Å². The maximum atomic E-state index is 6.34. The van der Waals surface area contributed by atoms with Gasteiger partial charge in [0.1, 0.15) is 0 Å². The van der Waals surface area contributed by atoms with Gasteiger partial charge in [-0.25, -0.2) is 0 Å². The maximum absolute atomic E-state index is 6.34. The van der Waals surface area contributed by atoms with Crippen LogP contribution in [0.4, 0.5) is 5.69 Å². The van der Waals surface area contributed by atoms with E-state index < -0.39 is 6.23 Å². The lowest BCUT2D eigenvalue weighted by Crippen LogP contribution is -2.17. The molecular formula is C24H18N4O3S. The van der Waals surface area contributed by atoms with Crippen molar-refractivity contribution in [3.05, 3.63) is 83.9 Å². The van der Waals surface area contributed by atoms with Gasteiger partial charge in [0, 0.05) is 22.6 Å². The third-order valence-electron chi connectivity index (χ3n) is 5.24. The number of nitrogens with one attached hydrogen (secondary N) is 1. The Morgan fingerprint density at radius 3 is 2.69 bits per heavy atom. The average Bonchev–Trinajstić information content (AvgIpc) is 3.25. The number of para-hydroxylation sites is 1. The number of rotatable bonds is 4. The van der Waals surface area contributed by atoms with E-state index in [-0.39, 0.29) is 6.79 Å². The van der Waals surface area contributed by atoms with Crippen molar-refractivity contribution in [2.24, 2.45) is 0 Å². The van der Waals surface area contributed by atoms with Crippen LogP contribution in [0.1, 0.15) is 17.4 Å². The summed E-state index contributed by atoms with van der Waals surface area (Å²) in [5, 5.41) is 12.9. The molecule has 2 aliphatic heterocycles. The van der Waals surface area contributed by atoms with Crippen molar-refractivity contribution in [1.29, 1.82) is 0 Å². The topological polar surface area (TPSA) is 78.4 Å². The van der Waals surface area contributed by atoms with E-state index in [1.54, 1.807) is 0 Å². The van der Waals surface area contributed by atoms with Gasteiger partial charge in [-0.05, 0) is 29.8 Å². The smallest absolute Gasteiger partial charge is 0.247 e. The van der Waals surface area contributed by atoms with Gasteiger partial charge in [0.05, 0.1) is 0 Å². The van der Waals surface area contributed by atoms with Crippen molar-refractivity contribution in [3.63, 3.8) is 0 Å². The second-order valence-electron chi connectivity index (χ2n) is 7.32. The first-order valence-electron chi connectivity index (χ1n) is 10.2. The lowest BCUT2D eigenvalue weighted by Gasteiger charge is -2.19. The molecule has 32 heavy (non-hydrogen) atoms. The summed E-state index contributed by atoms with van der Waals surface area (Å²) in [4.78, 5) is 4.71. The molecule has 0 aliphatic carbocycles. The molecule has 4 aromatic rings.